The number of allylic oxidation sites excluding steroid dienone is 1. The summed E-state index contributed by atoms with van der Waals surface area (Å²) in [5, 5.41) is 12.2. The smallest absolute Gasteiger partial charge is 0.152 e. The largest absolute Gasteiger partial charge is 0.308 e. The van der Waals surface area contributed by atoms with Crippen LogP contribution >= 0.6 is 0 Å². The third kappa shape index (κ3) is 8.34. The van der Waals surface area contributed by atoms with Gasteiger partial charge in [0, 0.05) is 33.0 Å². The number of fused-ring (bicyclic) bond motifs is 3. The summed E-state index contributed by atoms with van der Waals surface area (Å²) in [5.74, 6) is 0.169. The first-order valence-corrected chi connectivity index (χ1v) is 22.7. The molecule has 0 aliphatic rings. The highest BCUT2D eigenvalue weighted by Gasteiger charge is 2.23. The van der Waals surface area contributed by atoms with Crippen LogP contribution in [0.3, 0.4) is 0 Å². The second-order valence-corrected chi connectivity index (χ2v) is 16.7. The highest BCUT2D eigenvalue weighted by atomic mass is 15.0. The summed E-state index contributed by atoms with van der Waals surface area (Å²) in [7, 11) is 0. The van der Waals surface area contributed by atoms with Crippen LogP contribution in [0.2, 0.25) is 0 Å². The quantitative estimate of drug-likeness (QED) is 0.105. The van der Waals surface area contributed by atoms with Gasteiger partial charge in [-0.25, -0.2) is 4.99 Å². The fraction of sp³-hybridized carbons (Fsp3) is 0. The van der Waals surface area contributed by atoms with Gasteiger partial charge in [-0.15, -0.1) is 0 Å². The van der Waals surface area contributed by atoms with Gasteiger partial charge in [0.2, 0.25) is 0 Å². The van der Waals surface area contributed by atoms with E-state index in [1.165, 1.54) is 21.9 Å². The summed E-state index contributed by atoms with van der Waals surface area (Å²) in [6.45, 7) is 0. The van der Waals surface area contributed by atoms with Crippen LogP contribution in [-0.2, 0) is 0 Å². The maximum Gasteiger partial charge on any atom is 0.152 e. The van der Waals surface area contributed by atoms with Crippen LogP contribution in [0.25, 0.3) is 89.2 Å². The van der Waals surface area contributed by atoms with Crippen LogP contribution in [0.15, 0.2) is 266 Å². The van der Waals surface area contributed by atoms with Crippen molar-refractivity contribution in [2.75, 3.05) is 0 Å². The Balaban J connectivity index is 1.18. The number of amidine groups is 1. The van der Waals surface area contributed by atoms with Gasteiger partial charge in [0.25, 0.3) is 0 Å². The SMILES string of the molecule is N=C(N=C(/C=C/c1ccccc1)c1ccccc1)c1cc(-c2ccc(-c3ccccc3)cc2)c(-n2c3ccccc3c3cc(-c4ccccc4)ccc32)c(-c2ccc(-c3ccccc3)cc2)c1. The standard InChI is InChI=1S/C64H45N3/c65-64(66-60(53-26-14-5-15-27-53)40-30-45-18-6-1-7-19-45)55-43-57(51-35-31-49(32-36-51)46-20-8-2-9-21-46)63(58(44-55)52-37-33-50(34-38-52)47-22-10-3-11-23-47)67-61-29-17-16-28-56(61)59-42-54(39-41-62(59)67)48-24-12-4-13-25-48/h1-44,65H/b40-30+,65-64?,66-60?. The lowest BCUT2D eigenvalue weighted by atomic mass is 9.91. The molecule has 11 aromatic rings. The van der Waals surface area contributed by atoms with Crippen molar-refractivity contribution < 1.29 is 0 Å². The van der Waals surface area contributed by atoms with Crippen molar-refractivity contribution in [3.8, 4) is 61.3 Å². The molecule has 0 aliphatic heterocycles. The first-order chi connectivity index (χ1) is 33.1. The van der Waals surface area contributed by atoms with Gasteiger partial charge in [-0.3, -0.25) is 5.41 Å². The van der Waals surface area contributed by atoms with E-state index in [0.29, 0.717) is 11.3 Å². The molecule has 0 saturated heterocycles. The van der Waals surface area contributed by atoms with Crippen molar-refractivity contribution in [3.63, 3.8) is 0 Å². The molecule has 0 saturated carbocycles. The zero-order valence-corrected chi connectivity index (χ0v) is 36.8. The highest BCUT2D eigenvalue weighted by Crippen LogP contribution is 2.44. The monoisotopic (exact) mass is 855 g/mol. The summed E-state index contributed by atoms with van der Waals surface area (Å²) >= 11 is 0. The third-order valence-electron chi connectivity index (χ3n) is 12.5. The van der Waals surface area contributed by atoms with E-state index in [1.54, 1.807) is 0 Å². The Bertz CT molecular complexity index is 3470. The van der Waals surface area contributed by atoms with Gasteiger partial charge in [-0.1, -0.05) is 231 Å². The molecule has 0 amide bonds. The van der Waals surface area contributed by atoms with E-state index in [2.05, 4.69) is 229 Å². The van der Waals surface area contributed by atoms with Crippen LogP contribution in [0.5, 0.6) is 0 Å². The topological polar surface area (TPSA) is 41.1 Å². The Labute approximate surface area is 391 Å². The molecule has 0 unspecified atom stereocenters. The summed E-state index contributed by atoms with van der Waals surface area (Å²) in [6, 6.07) is 89.6. The highest BCUT2D eigenvalue weighted by molar-refractivity contribution is 6.18. The predicted octanol–water partition coefficient (Wildman–Crippen LogP) is 16.6. The maximum atomic E-state index is 9.89. The van der Waals surface area contributed by atoms with Crippen LogP contribution < -0.4 is 0 Å². The van der Waals surface area contributed by atoms with Gasteiger partial charge in [0.1, 0.15) is 0 Å². The fourth-order valence-electron chi connectivity index (χ4n) is 9.15. The number of aliphatic imine (C=N–C) groups is 1. The maximum absolute atomic E-state index is 9.89. The first kappa shape index (κ1) is 40.8. The Kier molecular flexibility index (Phi) is 11.1. The lowest BCUT2D eigenvalue weighted by Crippen LogP contribution is -2.07. The number of hydrogen-bond acceptors (Lipinski definition) is 1. The zero-order valence-electron chi connectivity index (χ0n) is 36.8. The fourth-order valence-corrected chi connectivity index (χ4v) is 9.15. The van der Waals surface area contributed by atoms with Crippen molar-refractivity contribution in [2.24, 2.45) is 4.99 Å². The first-order valence-electron chi connectivity index (χ1n) is 22.7. The van der Waals surface area contributed by atoms with Gasteiger partial charge in [-0.05, 0) is 86.5 Å². The molecule has 316 valence electrons. The molecule has 0 atom stereocenters. The van der Waals surface area contributed by atoms with E-state index >= 15 is 0 Å². The molecule has 0 spiro atoms. The number of nitrogens with zero attached hydrogens (tertiary/aromatic N) is 2. The van der Waals surface area contributed by atoms with Gasteiger partial charge < -0.3 is 4.57 Å². The molecule has 3 nitrogen and oxygen atoms in total. The molecule has 0 fully saturated rings. The molecular formula is C64H45N3. The van der Waals surface area contributed by atoms with Crippen molar-refractivity contribution >= 4 is 39.4 Å². The number of benzene rings is 10. The number of rotatable bonds is 10. The number of aromatic nitrogens is 1. The van der Waals surface area contributed by atoms with E-state index in [9.17, 15) is 5.41 Å². The predicted molar refractivity (Wildman–Crippen MR) is 283 cm³/mol. The lowest BCUT2D eigenvalue weighted by Gasteiger charge is -2.21. The van der Waals surface area contributed by atoms with E-state index in [-0.39, 0.29) is 5.84 Å². The van der Waals surface area contributed by atoms with Gasteiger partial charge in [0.05, 0.1) is 22.4 Å². The molecule has 1 aromatic heterocycles. The number of hydrogen-bond donors (Lipinski definition) is 1. The van der Waals surface area contributed by atoms with Crippen molar-refractivity contribution in [2.45, 2.75) is 0 Å². The molecule has 67 heavy (non-hydrogen) atoms. The Morgan fingerprint density at radius 1 is 0.358 bits per heavy atom. The van der Waals surface area contributed by atoms with Crippen molar-refractivity contribution in [3.05, 3.63) is 278 Å². The normalized spacial score (nSPS) is 11.7. The summed E-state index contributed by atoms with van der Waals surface area (Å²) in [5.41, 5.74) is 17.7. The second kappa shape index (κ2) is 18.3. The molecule has 1 N–H and O–H groups in total. The van der Waals surface area contributed by atoms with E-state index in [1.807, 2.05) is 42.5 Å². The summed E-state index contributed by atoms with van der Waals surface area (Å²) < 4.78 is 2.44. The van der Waals surface area contributed by atoms with Gasteiger partial charge in [0.15, 0.2) is 5.84 Å². The number of nitrogens with one attached hydrogen (secondary N) is 1. The Morgan fingerprint density at radius 2 is 0.776 bits per heavy atom. The average Bonchev–Trinajstić information content (AvgIpc) is 3.74. The van der Waals surface area contributed by atoms with E-state index in [0.717, 1.165) is 72.4 Å². The lowest BCUT2D eigenvalue weighted by molar-refractivity contribution is 1.18. The van der Waals surface area contributed by atoms with E-state index in [4.69, 9.17) is 4.99 Å². The summed E-state index contributed by atoms with van der Waals surface area (Å²) in [6.07, 6.45) is 4.08. The molecule has 11 rings (SSSR count). The minimum atomic E-state index is 0.169. The number of para-hydroxylation sites is 1. The van der Waals surface area contributed by atoms with Crippen molar-refractivity contribution in [1.82, 2.24) is 4.57 Å². The van der Waals surface area contributed by atoms with Crippen LogP contribution in [0.4, 0.5) is 0 Å². The van der Waals surface area contributed by atoms with Crippen LogP contribution in [0.1, 0.15) is 16.7 Å². The molecular weight excluding hydrogens is 811 g/mol. The molecule has 0 radical (unpaired) electrons. The molecule has 0 bridgehead atoms. The Hall–Kier alpha value is -8.92. The van der Waals surface area contributed by atoms with Gasteiger partial charge >= 0.3 is 0 Å². The Morgan fingerprint density at radius 3 is 1.33 bits per heavy atom. The van der Waals surface area contributed by atoms with Crippen LogP contribution in [-0.4, -0.2) is 16.1 Å². The zero-order chi connectivity index (χ0) is 44.9. The second-order valence-electron chi connectivity index (χ2n) is 16.7. The minimum absolute atomic E-state index is 0.169. The average molecular weight is 856 g/mol. The molecule has 1 heterocycles. The van der Waals surface area contributed by atoms with Crippen molar-refractivity contribution in [1.29, 1.82) is 5.41 Å². The molecule has 0 aliphatic carbocycles. The molecule has 10 aromatic carbocycles. The van der Waals surface area contributed by atoms with E-state index < -0.39 is 0 Å². The summed E-state index contributed by atoms with van der Waals surface area (Å²) in [4.78, 5) is 5.15. The third-order valence-corrected chi connectivity index (χ3v) is 12.5. The van der Waals surface area contributed by atoms with Crippen LogP contribution in [0, 0.1) is 5.41 Å². The van der Waals surface area contributed by atoms with Gasteiger partial charge in [-0.2, -0.15) is 0 Å². The minimum Gasteiger partial charge on any atom is -0.308 e. The molecule has 3 heteroatoms.